The third-order valence-corrected chi connectivity index (χ3v) is 7.92. The molecule has 4 aromatic carbocycles. The molecule has 1 amide bonds. The van der Waals surface area contributed by atoms with Crippen LogP contribution in [0.25, 0.3) is 11.1 Å². The van der Waals surface area contributed by atoms with Gasteiger partial charge in [-0.05, 0) is 67.6 Å². The zero-order valence-corrected chi connectivity index (χ0v) is 25.3. The number of anilines is 2. The zero-order chi connectivity index (χ0) is 30.7. The molecular weight excluding hydrogens is 543 g/mol. The lowest BCUT2D eigenvalue weighted by Gasteiger charge is -2.39. The molecule has 1 aliphatic rings. The number of rotatable bonds is 10. The lowest BCUT2D eigenvalue weighted by molar-refractivity contribution is -0.122. The molecule has 0 bridgehead atoms. The van der Waals surface area contributed by atoms with Gasteiger partial charge in [0.2, 0.25) is 0 Å². The fourth-order valence-corrected chi connectivity index (χ4v) is 5.62. The van der Waals surface area contributed by atoms with Crippen molar-refractivity contribution < 1.29 is 23.5 Å². The number of nitrogens with one attached hydrogen (secondary N) is 1. The topological polar surface area (TPSA) is 67.9 Å². The summed E-state index contributed by atoms with van der Waals surface area (Å²) in [5.74, 6) is 0.715. The zero-order valence-electron chi connectivity index (χ0n) is 25.3. The van der Waals surface area contributed by atoms with Gasteiger partial charge in [-0.3, -0.25) is 9.59 Å². The maximum Gasteiger partial charge on any atom is 0.251 e. The number of hydrogen-bond acceptors (Lipinski definition) is 5. The van der Waals surface area contributed by atoms with E-state index in [0.717, 1.165) is 39.1 Å². The van der Waals surface area contributed by atoms with Gasteiger partial charge in [-0.2, -0.15) is 0 Å². The number of Topliss-reactive ketones (excluding diaryl/α,β-unsaturated/α-hetero) is 1. The molecule has 0 saturated heterocycles. The molecule has 7 heteroatoms. The minimum atomic E-state index is -0.785. The number of carbonyl (C=O) groups is 2. The molecule has 0 aromatic heterocycles. The fourth-order valence-electron chi connectivity index (χ4n) is 5.62. The summed E-state index contributed by atoms with van der Waals surface area (Å²) >= 11 is 0. The van der Waals surface area contributed by atoms with E-state index in [1.165, 1.54) is 12.1 Å². The Morgan fingerprint density at radius 1 is 0.930 bits per heavy atom. The van der Waals surface area contributed by atoms with E-state index in [1.54, 1.807) is 25.1 Å². The summed E-state index contributed by atoms with van der Waals surface area (Å²) in [6.07, 6.45) is 1.47. The molecule has 0 saturated carbocycles. The van der Waals surface area contributed by atoms with Crippen molar-refractivity contribution in [2.75, 3.05) is 24.4 Å². The highest BCUT2D eigenvalue weighted by molar-refractivity contribution is 6.08. The normalized spacial score (nSPS) is 13.7. The summed E-state index contributed by atoms with van der Waals surface area (Å²) < 4.78 is 26.1. The number of hydrogen-bond donors (Lipinski definition) is 1. The van der Waals surface area contributed by atoms with Crippen LogP contribution in [0.4, 0.5) is 15.8 Å². The molecule has 1 N–H and O–H groups in total. The van der Waals surface area contributed by atoms with E-state index >= 15 is 0 Å². The first-order valence-electron chi connectivity index (χ1n) is 14.4. The molecule has 6 nitrogen and oxygen atoms in total. The third-order valence-electron chi connectivity index (χ3n) is 7.92. The van der Waals surface area contributed by atoms with E-state index in [1.807, 2.05) is 81.4 Å². The maximum absolute atomic E-state index is 14.1. The van der Waals surface area contributed by atoms with Gasteiger partial charge in [0, 0.05) is 37.1 Å². The number of ketones is 1. The highest BCUT2D eigenvalue weighted by Gasteiger charge is 2.38. The van der Waals surface area contributed by atoms with Crippen LogP contribution in [0.1, 0.15) is 42.5 Å². The van der Waals surface area contributed by atoms with Crippen LogP contribution in [0.3, 0.4) is 0 Å². The van der Waals surface area contributed by atoms with Gasteiger partial charge in [0.25, 0.3) is 5.91 Å². The minimum Gasteiger partial charge on any atom is -0.496 e. The number of likely N-dealkylation sites (N-methyl/N-ethyl adjacent to an activating group) is 1. The van der Waals surface area contributed by atoms with E-state index in [0.29, 0.717) is 36.4 Å². The fraction of sp³-hybridized carbons (Fsp3) is 0.278. The van der Waals surface area contributed by atoms with Crippen molar-refractivity contribution in [3.63, 3.8) is 0 Å². The van der Waals surface area contributed by atoms with Crippen LogP contribution in [0.2, 0.25) is 0 Å². The quantitative estimate of drug-likeness (QED) is 0.213. The summed E-state index contributed by atoms with van der Waals surface area (Å²) in [4.78, 5) is 27.8. The van der Waals surface area contributed by atoms with Crippen LogP contribution in [-0.2, 0) is 29.0 Å². The number of halogens is 1. The molecule has 0 spiro atoms. The van der Waals surface area contributed by atoms with E-state index < -0.39 is 5.54 Å². The van der Waals surface area contributed by atoms with E-state index in [9.17, 15) is 14.0 Å². The van der Waals surface area contributed by atoms with E-state index in [4.69, 9.17) is 9.47 Å². The molecule has 0 fully saturated rings. The SMILES string of the molecule is COc1cc(CC(=O)CCc2ccccc2)ccc1-c1ccc2c(c1COc1cc(F)ccc1C)N(C)C(=O)C(C)(C)N2. The molecule has 0 unspecified atom stereocenters. The second-order valence-corrected chi connectivity index (χ2v) is 11.5. The van der Waals surface area contributed by atoms with Crippen LogP contribution in [-0.4, -0.2) is 31.4 Å². The molecule has 1 aliphatic heterocycles. The first kappa shape index (κ1) is 29.8. The maximum atomic E-state index is 14.1. The molecule has 0 radical (unpaired) electrons. The molecule has 0 atom stereocenters. The van der Waals surface area contributed by atoms with E-state index in [-0.39, 0.29) is 24.1 Å². The number of amides is 1. The third kappa shape index (κ3) is 6.41. The highest BCUT2D eigenvalue weighted by Crippen LogP contribution is 2.44. The second-order valence-electron chi connectivity index (χ2n) is 11.5. The molecule has 43 heavy (non-hydrogen) atoms. The average Bonchev–Trinajstić information content (AvgIpc) is 2.99. The van der Waals surface area contributed by atoms with Crippen LogP contribution >= 0.6 is 0 Å². The number of aryl methyl sites for hydroxylation is 2. The Morgan fingerprint density at radius 3 is 2.42 bits per heavy atom. The molecule has 222 valence electrons. The van der Waals surface area contributed by atoms with Gasteiger partial charge in [-0.25, -0.2) is 4.39 Å². The minimum absolute atomic E-state index is 0.0864. The van der Waals surface area contributed by atoms with Crippen molar-refractivity contribution in [1.82, 2.24) is 0 Å². The monoisotopic (exact) mass is 580 g/mol. The largest absolute Gasteiger partial charge is 0.496 e. The number of carbonyl (C=O) groups excluding carboxylic acids is 2. The lowest BCUT2D eigenvalue weighted by Crippen LogP contribution is -2.52. The Morgan fingerprint density at radius 2 is 1.67 bits per heavy atom. The predicted octanol–water partition coefficient (Wildman–Crippen LogP) is 7.30. The van der Waals surface area contributed by atoms with Gasteiger partial charge in [0.05, 0.1) is 18.5 Å². The van der Waals surface area contributed by atoms with Crippen molar-refractivity contribution in [3.05, 3.63) is 107 Å². The van der Waals surface area contributed by atoms with Gasteiger partial charge < -0.3 is 19.7 Å². The van der Waals surface area contributed by atoms with Crippen molar-refractivity contribution in [3.8, 4) is 22.6 Å². The second kappa shape index (κ2) is 12.3. The molecule has 5 rings (SSSR count). The van der Waals surface area contributed by atoms with Gasteiger partial charge in [-0.15, -0.1) is 0 Å². The summed E-state index contributed by atoms with van der Waals surface area (Å²) in [6.45, 7) is 5.64. The van der Waals surface area contributed by atoms with E-state index in [2.05, 4.69) is 5.32 Å². The smallest absolute Gasteiger partial charge is 0.251 e. The van der Waals surface area contributed by atoms with Crippen LogP contribution < -0.4 is 19.7 Å². The van der Waals surface area contributed by atoms with Gasteiger partial charge in [0.1, 0.15) is 35.2 Å². The van der Waals surface area contributed by atoms with Gasteiger partial charge in [-0.1, -0.05) is 54.6 Å². The molecule has 1 heterocycles. The van der Waals surface area contributed by atoms with Crippen LogP contribution in [0.15, 0.2) is 78.9 Å². The Labute approximate surface area is 252 Å². The van der Waals surface area contributed by atoms with Crippen molar-refractivity contribution in [2.45, 2.75) is 52.2 Å². The number of methoxy groups -OCH3 is 1. The number of fused-ring (bicyclic) bond motifs is 1. The Hall–Kier alpha value is -4.65. The van der Waals surface area contributed by atoms with Crippen molar-refractivity contribution >= 4 is 23.1 Å². The summed E-state index contributed by atoms with van der Waals surface area (Å²) in [6, 6.07) is 24.1. The molecular formula is C36H37FN2O4. The highest BCUT2D eigenvalue weighted by atomic mass is 19.1. The summed E-state index contributed by atoms with van der Waals surface area (Å²) in [5.41, 5.74) is 5.87. The first-order chi connectivity index (χ1) is 20.6. The standard InChI is InChI=1S/C36H37FN2O4/c1-23-11-14-26(37)21-32(23)43-22-30-28(17-18-31-34(30)39(4)35(41)36(2,3)38-31)29-16-13-25(20-33(29)42-5)19-27(40)15-12-24-9-7-6-8-10-24/h6-11,13-14,16-18,20-21,38H,12,15,19,22H2,1-5H3. The summed E-state index contributed by atoms with van der Waals surface area (Å²) in [5, 5.41) is 3.36. The van der Waals surface area contributed by atoms with Gasteiger partial charge in [0.15, 0.2) is 0 Å². The predicted molar refractivity (Wildman–Crippen MR) is 168 cm³/mol. The van der Waals surface area contributed by atoms with Crippen LogP contribution in [0, 0.1) is 12.7 Å². The van der Waals surface area contributed by atoms with Crippen LogP contribution in [0.5, 0.6) is 11.5 Å². The number of ether oxygens (including phenoxy) is 2. The van der Waals surface area contributed by atoms with Crippen molar-refractivity contribution in [2.24, 2.45) is 0 Å². The Kier molecular flexibility index (Phi) is 8.53. The number of benzene rings is 4. The average molecular weight is 581 g/mol. The number of nitrogens with zero attached hydrogens (tertiary/aromatic N) is 1. The molecule has 0 aliphatic carbocycles. The lowest BCUT2D eigenvalue weighted by atomic mass is 9.91. The molecule has 4 aromatic rings. The Bertz CT molecular complexity index is 1670. The first-order valence-corrected chi connectivity index (χ1v) is 14.4. The summed E-state index contributed by atoms with van der Waals surface area (Å²) in [7, 11) is 3.36. The van der Waals surface area contributed by atoms with Gasteiger partial charge >= 0.3 is 0 Å². The Balaban J connectivity index is 1.49. The van der Waals surface area contributed by atoms with Crippen molar-refractivity contribution in [1.29, 1.82) is 0 Å².